The largest absolute Gasteiger partial charge is 0.392 e. The lowest BCUT2D eigenvalue weighted by molar-refractivity contribution is 0.460. The van der Waals surface area contributed by atoms with Gasteiger partial charge in [0.15, 0.2) is 9.84 Å². The van der Waals surface area contributed by atoms with E-state index in [9.17, 15) is 21.2 Å². The fraction of sp³-hybridized carbons (Fsp3) is 0.364. The van der Waals surface area contributed by atoms with Crippen LogP contribution >= 0.6 is 12.2 Å². The second-order valence-electron chi connectivity index (χ2n) is 4.26. The molecule has 0 aliphatic rings. The molecule has 0 atom stereocenters. The third kappa shape index (κ3) is 4.19. The predicted octanol–water partition coefficient (Wildman–Crippen LogP) is 0.526. The smallest absolute Gasteiger partial charge is 0.246 e. The SMILES string of the molecule is CCN(CC(N)=S)S(=O)(=O)c1cc(S(C)(=O)=O)ccc1F. The van der Waals surface area contributed by atoms with E-state index < -0.39 is 30.6 Å². The lowest BCUT2D eigenvalue weighted by Gasteiger charge is -2.20. The monoisotopic (exact) mass is 354 g/mol. The minimum absolute atomic E-state index is 0.0161. The summed E-state index contributed by atoms with van der Waals surface area (Å²) in [5.74, 6) is -1.04. The molecule has 0 bridgehead atoms. The number of benzene rings is 1. The molecule has 0 saturated carbocycles. The van der Waals surface area contributed by atoms with E-state index in [2.05, 4.69) is 12.2 Å². The van der Waals surface area contributed by atoms with Crippen LogP contribution in [0.2, 0.25) is 0 Å². The molecule has 0 saturated heterocycles. The van der Waals surface area contributed by atoms with Crippen molar-refractivity contribution in [3.8, 4) is 0 Å². The molecule has 0 spiro atoms. The second-order valence-corrected chi connectivity index (χ2v) is 8.71. The van der Waals surface area contributed by atoms with Gasteiger partial charge in [0, 0.05) is 12.8 Å². The van der Waals surface area contributed by atoms with E-state index in [4.69, 9.17) is 5.73 Å². The lowest BCUT2D eigenvalue weighted by atomic mass is 10.3. The van der Waals surface area contributed by atoms with Gasteiger partial charge in [0.1, 0.15) is 10.7 Å². The van der Waals surface area contributed by atoms with Crippen LogP contribution in [0.4, 0.5) is 4.39 Å². The highest BCUT2D eigenvalue weighted by Gasteiger charge is 2.28. The summed E-state index contributed by atoms with van der Waals surface area (Å²) < 4.78 is 62.4. The molecule has 0 radical (unpaired) electrons. The van der Waals surface area contributed by atoms with Crippen LogP contribution in [0.1, 0.15) is 6.92 Å². The Morgan fingerprint density at radius 3 is 2.33 bits per heavy atom. The first-order valence-electron chi connectivity index (χ1n) is 5.78. The number of nitrogens with two attached hydrogens (primary N) is 1. The van der Waals surface area contributed by atoms with E-state index in [1.807, 2.05) is 0 Å². The van der Waals surface area contributed by atoms with Gasteiger partial charge in [-0.1, -0.05) is 19.1 Å². The number of rotatable bonds is 6. The van der Waals surface area contributed by atoms with Crippen LogP contribution < -0.4 is 5.73 Å². The summed E-state index contributed by atoms with van der Waals surface area (Å²) in [6, 6.07) is 2.60. The molecule has 6 nitrogen and oxygen atoms in total. The maximum atomic E-state index is 13.8. The molecule has 0 aromatic heterocycles. The normalized spacial score (nSPS) is 12.6. The van der Waals surface area contributed by atoms with E-state index >= 15 is 0 Å². The zero-order valence-electron chi connectivity index (χ0n) is 11.4. The first-order chi connectivity index (χ1) is 9.50. The van der Waals surface area contributed by atoms with Gasteiger partial charge in [0.25, 0.3) is 0 Å². The Labute approximate surface area is 128 Å². The van der Waals surface area contributed by atoms with Crippen molar-refractivity contribution in [2.75, 3.05) is 19.3 Å². The number of halogens is 1. The Morgan fingerprint density at radius 1 is 1.33 bits per heavy atom. The van der Waals surface area contributed by atoms with Crippen LogP contribution in [0.25, 0.3) is 0 Å². The zero-order chi connectivity index (χ0) is 16.4. The van der Waals surface area contributed by atoms with E-state index in [0.717, 1.165) is 28.8 Å². The number of sulfonamides is 1. The molecule has 1 aromatic carbocycles. The molecule has 0 fully saturated rings. The minimum atomic E-state index is -4.23. The van der Waals surface area contributed by atoms with Crippen molar-refractivity contribution >= 4 is 37.1 Å². The Kier molecular flexibility index (Phi) is 5.42. The zero-order valence-corrected chi connectivity index (χ0v) is 13.9. The van der Waals surface area contributed by atoms with Crippen LogP contribution in [0.5, 0.6) is 0 Å². The molecular formula is C11H15FN2O4S3. The van der Waals surface area contributed by atoms with Crippen LogP contribution in [0, 0.1) is 5.82 Å². The highest BCUT2D eigenvalue weighted by molar-refractivity contribution is 7.91. The Balaban J connectivity index is 3.46. The first-order valence-corrected chi connectivity index (χ1v) is 9.52. The van der Waals surface area contributed by atoms with E-state index in [0.29, 0.717) is 0 Å². The molecule has 10 heteroatoms. The summed E-state index contributed by atoms with van der Waals surface area (Å²) in [5, 5.41) is 0. The lowest BCUT2D eigenvalue weighted by Crippen LogP contribution is -2.37. The second kappa shape index (κ2) is 6.34. The van der Waals surface area contributed by atoms with Crippen molar-refractivity contribution in [2.24, 2.45) is 5.73 Å². The number of likely N-dealkylation sites (N-methyl/N-ethyl adjacent to an activating group) is 1. The summed E-state index contributed by atoms with van der Waals surface area (Å²) in [6.07, 6.45) is 0.906. The molecule has 0 heterocycles. The van der Waals surface area contributed by atoms with E-state index in [1.54, 1.807) is 0 Å². The summed E-state index contributed by atoms with van der Waals surface area (Å²) in [7, 11) is -7.89. The van der Waals surface area contributed by atoms with E-state index in [-0.39, 0.29) is 23.0 Å². The summed E-state index contributed by atoms with van der Waals surface area (Å²) in [5.41, 5.74) is 5.32. The standard InChI is InChI=1S/C11H15FN2O4S3/c1-3-14(7-11(13)19)21(17,18)10-6-8(20(2,15)16)4-5-9(10)12/h4-6H,3,7H2,1-2H3,(H2,13,19). The van der Waals surface area contributed by atoms with Gasteiger partial charge >= 0.3 is 0 Å². The van der Waals surface area contributed by atoms with Crippen LogP contribution in [-0.2, 0) is 19.9 Å². The molecule has 1 aromatic rings. The van der Waals surface area contributed by atoms with Crippen LogP contribution in [-0.4, -0.2) is 45.5 Å². The molecule has 21 heavy (non-hydrogen) atoms. The minimum Gasteiger partial charge on any atom is -0.392 e. The van der Waals surface area contributed by atoms with Gasteiger partial charge < -0.3 is 5.73 Å². The van der Waals surface area contributed by atoms with Gasteiger partial charge in [-0.15, -0.1) is 0 Å². The van der Waals surface area contributed by atoms with Crippen LogP contribution in [0.15, 0.2) is 28.0 Å². The van der Waals surface area contributed by atoms with Gasteiger partial charge in [0.2, 0.25) is 10.0 Å². The Hall–Kier alpha value is -1.10. The molecule has 0 aliphatic heterocycles. The van der Waals surface area contributed by atoms with Crippen molar-refractivity contribution in [2.45, 2.75) is 16.7 Å². The van der Waals surface area contributed by atoms with E-state index in [1.165, 1.54) is 6.92 Å². The van der Waals surface area contributed by atoms with Crippen molar-refractivity contribution < 1.29 is 21.2 Å². The third-order valence-corrected chi connectivity index (χ3v) is 5.81. The highest BCUT2D eigenvalue weighted by atomic mass is 32.2. The summed E-state index contributed by atoms with van der Waals surface area (Å²) >= 11 is 4.66. The number of sulfone groups is 1. The molecule has 1 rings (SSSR count). The Morgan fingerprint density at radius 2 is 1.90 bits per heavy atom. The summed E-state index contributed by atoms with van der Waals surface area (Å²) in [6.45, 7) is 1.30. The van der Waals surface area contributed by atoms with Crippen molar-refractivity contribution in [1.29, 1.82) is 0 Å². The highest BCUT2D eigenvalue weighted by Crippen LogP contribution is 2.22. The van der Waals surface area contributed by atoms with Gasteiger partial charge in [-0.2, -0.15) is 4.31 Å². The molecule has 0 aliphatic carbocycles. The average Bonchev–Trinajstić information content (AvgIpc) is 2.34. The molecular weight excluding hydrogens is 339 g/mol. The van der Waals surface area contributed by atoms with Crippen LogP contribution in [0.3, 0.4) is 0 Å². The maximum absolute atomic E-state index is 13.8. The first kappa shape index (κ1) is 18.0. The quantitative estimate of drug-likeness (QED) is 0.591. The fourth-order valence-electron chi connectivity index (χ4n) is 1.59. The van der Waals surface area contributed by atoms with Crippen molar-refractivity contribution in [3.05, 3.63) is 24.0 Å². The van der Waals surface area contributed by atoms with Crippen molar-refractivity contribution in [1.82, 2.24) is 4.31 Å². The number of hydrogen-bond acceptors (Lipinski definition) is 5. The van der Waals surface area contributed by atoms with Gasteiger partial charge in [0.05, 0.1) is 16.4 Å². The number of hydrogen-bond donors (Lipinski definition) is 1. The van der Waals surface area contributed by atoms with Gasteiger partial charge in [-0.3, -0.25) is 0 Å². The predicted molar refractivity (Wildman–Crippen MR) is 80.7 cm³/mol. The average molecular weight is 354 g/mol. The topological polar surface area (TPSA) is 97.5 Å². The number of thiocarbonyl (C=S) groups is 1. The van der Waals surface area contributed by atoms with Gasteiger partial charge in [-0.05, 0) is 18.2 Å². The van der Waals surface area contributed by atoms with Gasteiger partial charge in [-0.25, -0.2) is 21.2 Å². The summed E-state index contributed by atoms with van der Waals surface area (Å²) in [4.78, 5) is -1.07. The molecule has 2 N–H and O–H groups in total. The third-order valence-electron chi connectivity index (χ3n) is 2.63. The Bertz CT molecular complexity index is 760. The molecule has 0 amide bonds. The fourth-order valence-corrected chi connectivity index (χ4v) is 4.07. The molecule has 118 valence electrons. The maximum Gasteiger partial charge on any atom is 0.246 e. The number of nitrogens with zero attached hydrogens (tertiary/aromatic N) is 1. The van der Waals surface area contributed by atoms with Crippen molar-refractivity contribution in [3.63, 3.8) is 0 Å². The molecule has 0 unspecified atom stereocenters.